The van der Waals surface area contributed by atoms with E-state index >= 15 is 0 Å². The normalized spacial score (nSPS) is 21.7. The molecule has 1 amide bonds. The summed E-state index contributed by atoms with van der Waals surface area (Å²) in [6, 6.07) is 6.91. The Kier molecular flexibility index (Phi) is 7.69. The highest BCUT2D eigenvalue weighted by Gasteiger charge is 2.36. The number of ether oxygens (including phenoxy) is 2. The van der Waals surface area contributed by atoms with E-state index in [-0.39, 0.29) is 24.8 Å². The van der Waals surface area contributed by atoms with Gasteiger partial charge < -0.3 is 14.4 Å². The second-order valence-electron chi connectivity index (χ2n) is 9.49. The molecule has 2 aromatic heterocycles. The van der Waals surface area contributed by atoms with Crippen molar-refractivity contribution in [2.24, 2.45) is 0 Å². The van der Waals surface area contributed by atoms with E-state index in [9.17, 15) is 26.4 Å². The van der Waals surface area contributed by atoms with Crippen LogP contribution < -0.4 is 14.4 Å². The molecule has 0 bridgehead atoms. The van der Waals surface area contributed by atoms with Crippen molar-refractivity contribution in [1.82, 2.24) is 18.4 Å². The van der Waals surface area contributed by atoms with E-state index < -0.39 is 47.4 Å². The van der Waals surface area contributed by atoms with Gasteiger partial charge in [0.2, 0.25) is 0 Å². The predicted octanol–water partition coefficient (Wildman–Crippen LogP) is 2.81. The molecule has 10 nitrogen and oxygen atoms in total. The lowest BCUT2D eigenvalue weighted by Crippen LogP contribution is -2.42. The molecule has 210 valence electrons. The number of benzene rings is 1. The number of hydrogen-bond acceptors (Lipinski definition) is 7. The van der Waals surface area contributed by atoms with Crippen molar-refractivity contribution in [3.8, 4) is 5.75 Å². The van der Waals surface area contributed by atoms with Crippen LogP contribution in [0.2, 0.25) is 0 Å². The minimum atomic E-state index is -4.28. The van der Waals surface area contributed by atoms with E-state index in [1.807, 2.05) is 4.72 Å². The zero-order chi connectivity index (χ0) is 27.7. The average Bonchev–Trinajstić information content (AvgIpc) is 3.64. The number of nitrogens with one attached hydrogen (secondary N) is 1. The Morgan fingerprint density at radius 3 is 2.87 bits per heavy atom. The van der Waals surface area contributed by atoms with Gasteiger partial charge in [-0.15, -0.1) is 0 Å². The fraction of sp³-hybridized carbons (Fsp3) is 0.440. The molecule has 1 aromatic carbocycles. The maximum absolute atomic E-state index is 14.8. The molecule has 2 aliphatic heterocycles. The van der Waals surface area contributed by atoms with Gasteiger partial charge in [-0.1, -0.05) is 0 Å². The van der Waals surface area contributed by atoms with Crippen LogP contribution in [-0.4, -0.2) is 80.3 Å². The molecular weight excluding hydrogens is 539 g/mol. The molecule has 5 rings (SSSR count). The second-order valence-corrected chi connectivity index (χ2v) is 11.3. The van der Waals surface area contributed by atoms with Crippen LogP contribution >= 0.6 is 0 Å². The Labute approximate surface area is 223 Å². The Morgan fingerprint density at radius 2 is 2.13 bits per heavy atom. The van der Waals surface area contributed by atoms with E-state index in [0.717, 1.165) is 7.05 Å². The van der Waals surface area contributed by atoms with Crippen molar-refractivity contribution < 1.29 is 35.9 Å². The number of rotatable bonds is 9. The first-order chi connectivity index (χ1) is 18.7. The number of amides is 1. The molecule has 4 heterocycles. The predicted molar refractivity (Wildman–Crippen MR) is 136 cm³/mol. The van der Waals surface area contributed by atoms with E-state index in [0.29, 0.717) is 46.6 Å². The van der Waals surface area contributed by atoms with Crippen LogP contribution in [0.25, 0.3) is 5.65 Å². The standard InChI is InChI=1S/C25H28F3N5O5S/c1-31(8-7-26)39(35,36)30-25(34)22-12-29-24-5-3-18(14-33(22)24)32-13-17(28)11-21(32)20-10-16(27)2-4-23(20)38-19-6-9-37-15-19/h2-5,10,12,14,17,19,21H,6-9,11,13,15H2,1H3,(H,30,34). The van der Waals surface area contributed by atoms with Gasteiger partial charge in [-0.3, -0.25) is 9.20 Å². The highest BCUT2D eigenvalue weighted by atomic mass is 32.2. The fourth-order valence-corrected chi connectivity index (χ4v) is 5.64. The summed E-state index contributed by atoms with van der Waals surface area (Å²) in [6.45, 7) is -0.336. The summed E-state index contributed by atoms with van der Waals surface area (Å²) in [7, 11) is -3.13. The van der Waals surface area contributed by atoms with Crippen molar-refractivity contribution in [3.63, 3.8) is 0 Å². The summed E-state index contributed by atoms with van der Waals surface area (Å²) < 4.78 is 82.0. The minimum Gasteiger partial charge on any atom is -0.488 e. The maximum atomic E-state index is 14.8. The lowest BCUT2D eigenvalue weighted by atomic mass is 10.0. The minimum absolute atomic E-state index is 0.0112. The fourth-order valence-electron chi connectivity index (χ4n) is 4.83. The van der Waals surface area contributed by atoms with Gasteiger partial charge in [-0.2, -0.15) is 12.7 Å². The SMILES string of the molecule is CN(CCF)S(=O)(=O)NC(=O)c1cnc2ccc(N3CC(F)CC3c3cc(F)ccc3OC3CCOC3)cn12. The van der Waals surface area contributed by atoms with E-state index in [1.54, 1.807) is 23.2 Å². The summed E-state index contributed by atoms with van der Waals surface area (Å²) >= 11 is 0. The van der Waals surface area contributed by atoms with Crippen LogP contribution in [0.1, 0.15) is 34.9 Å². The van der Waals surface area contributed by atoms with Crippen molar-refractivity contribution >= 4 is 27.5 Å². The third-order valence-electron chi connectivity index (χ3n) is 6.85. The monoisotopic (exact) mass is 567 g/mol. The molecule has 1 N–H and O–H groups in total. The number of pyridine rings is 1. The van der Waals surface area contributed by atoms with Gasteiger partial charge in [-0.05, 0) is 30.3 Å². The lowest BCUT2D eigenvalue weighted by Gasteiger charge is -2.29. The Balaban J connectivity index is 1.46. The van der Waals surface area contributed by atoms with E-state index in [4.69, 9.17) is 9.47 Å². The molecule has 2 aliphatic rings. The molecule has 2 fully saturated rings. The zero-order valence-electron chi connectivity index (χ0n) is 21.1. The average molecular weight is 568 g/mol. The van der Waals surface area contributed by atoms with Crippen molar-refractivity contribution in [2.75, 3.05) is 44.9 Å². The van der Waals surface area contributed by atoms with Gasteiger partial charge in [0.15, 0.2) is 0 Å². The smallest absolute Gasteiger partial charge is 0.303 e. The first-order valence-electron chi connectivity index (χ1n) is 12.4. The van der Waals surface area contributed by atoms with Crippen LogP contribution in [0.15, 0.2) is 42.7 Å². The molecule has 0 saturated carbocycles. The molecule has 2 saturated heterocycles. The zero-order valence-corrected chi connectivity index (χ0v) is 21.9. The third kappa shape index (κ3) is 5.68. The van der Waals surface area contributed by atoms with Crippen LogP contribution in [-0.2, 0) is 14.9 Å². The molecule has 39 heavy (non-hydrogen) atoms. The number of aromatic nitrogens is 2. The number of fused-ring (bicyclic) bond motifs is 1. The van der Waals surface area contributed by atoms with E-state index in [2.05, 4.69) is 4.98 Å². The number of imidazole rings is 1. The van der Waals surface area contributed by atoms with Crippen LogP contribution in [0.5, 0.6) is 5.75 Å². The summed E-state index contributed by atoms with van der Waals surface area (Å²) in [5.74, 6) is -1.00. The molecule has 0 spiro atoms. The molecular formula is C25H28F3N5O5S. The van der Waals surface area contributed by atoms with E-state index in [1.165, 1.54) is 28.8 Å². The van der Waals surface area contributed by atoms with Gasteiger partial charge in [0, 0.05) is 44.7 Å². The highest BCUT2D eigenvalue weighted by Crippen LogP contribution is 2.42. The first-order valence-corrected chi connectivity index (χ1v) is 13.9. The summed E-state index contributed by atoms with van der Waals surface area (Å²) in [6.07, 6.45) is 2.14. The number of alkyl halides is 2. The van der Waals surface area contributed by atoms with Gasteiger partial charge in [0.25, 0.3) is 5.91 Å². The van der Waals surface area contributed by atoms with Gasteiger partial charge >= 0.3 is 10.2 Å². The largest absolute Gasteiger partial charge is 0.488 e. The lowest BCUT2D eigenvalue weighted by molar-refractivity contribution is 0.0973. The number of nitrogens with zero attached hydrogens (tertiary/aromatic N) is 4. The molecule has 3 aromatic rings. The Bertz CT molecular complexity index is 1460. The number of hydrogen-bond donors (Lipinski definition) is 1. The maximum Gasteiger partial charge on any atom is 0.303 e. The Hall–Kier alpha value is -3.36. The van der Waals surface area contributed by atoms with Gasteiger partial charge in [0.1, 0.15) is 41.9 Å². The molecule has 0 aliphatic carbocycles. The van der Waals surface area contributed by atoms with Crippen LogP contribution in [0.4, 0.5) is 18.9 Å². The summed E-state index contributed by atoms with van der Waals surface area (Å²) in [5, 5.41) is 0. The van der Waals surface area contributed by atoms with Crippen molar-refractivity contribution in [3.05, 3.63) is 59.8 Å². The molecule has 3 atom stereocenters. The number of carbonyl (C=O) groups is 1. The van der Waals surface area contributed by atoms with Crippen LogP contribution in [0.3, 0.4) is 0 Å². The van der Waals surface area contributed by atoms with Gasteiger partial charge in [0.05, 0.1) is 31.1 Å². The number of carbonyl (C=O) groups excluding carboxylic acids is 1. The van der Waals surface area contributed by atoms with Crippen molar-refractivity contribution in [1.29, 1.82) is 0 Å². The molecule has 0 radical (unpaired) electrons. The molecule has 3 unspecified atom stereocenters. The Morgan fingerprint density at radius 1 is 1.31 bits per heavy atom. The first kappa shape index (κ1) is 27.2. The van der Waals surface area contributed by atoms with Crippen molar-refractivity contribution in [2.45, 2.75) is 31.2 Å². The number of halogens is 3. The third-order valence-corrected chi connectivity index (χ3v) is 8.29. The second kappa shape index (κ2) is 11.0. The topological polar surface area (TPSA) is 105 Å². The highest BCUT2D eigenvalue weighted by molar-refractivity contribution is 7.87. The molecule has 14 heteroatoms. The summed E-state index contributed by atoms with van der Waals surface area (Å²) in [5.41, 5.74) is 1.26. The van der Waals surface area contributed by atoms with Crippen LogP contribution in [0, 0.1) is 5.82 Å². The summed E-state index contributed by atoms with van der Waals surface area (Å²) in [4.78, 5) is 18.8. The quantitative estimate of drug-likeness (QED) is 0.424. The van der Waals surface area contributed by atoms with Gasteiger partial charge in [-0.25, -0.2) is 22.9 Å². The number of anilines is 1.